The molecule has 7 nitrogen and oxygen atoms in total. The summed E-state index contributed by atoms with van der Waals surface area (Å²) in [5.74, 6) is 0.416. The van der Waals surface area contributed by atoms with Crippen molar-refractivity contribution >= 4 is 23.1 Å². The third-order valence-corrected chi connectivity index (χ3v) is 2.60. The van der Waals surface area contributed by atoms with Crippen LogP contribution >= 0.6 is 11.6 Å². The van der Waals surface area contributed by atoms with E-state index in [1.54, 1.807) is 0 Å². The summed E-state index contributed by atoms with van der Waals surface area (Å²) in [6.45, 7) is 2.71. The molecule has 17 heavy (non-hydrogen) atoms. The van der Waals surface area contributed by atoms with Gasteiger partial charge in [-0.3, -0.25) is 10.1 Å². The molecule has 0 atom stereocenters. The normalized spacial score (nSPS) is 16.8. The van der Waals surface area contributed by atoms with E-state index in [-0.39, 0.29) is 10.7 Å². The van der Waals surface area contributed by atoms with E-state index in [0.717, 1.165) is 13.1 Å². The molecule has 1 fully saturated rings. The quantitative estimate of drug-likeness (QED) is 0.650. The highest BCUT2D eigenvalue weighted by Gasteiger charge is 2.15. The lowest BCUT2D eigenvalue weighted by atomic mass is 10.4. The molecule has 0 aliphatic carbocycles. The molecule has 1 aromatic heterocycles. The summed E-state index contributed by atoms with van der Waals surface area (Å²) in [6.07, 6.45) is 1.18. The molecule has 0 unspecified atom stereocenters. The summed E-state index contributed by atoms with van der Waals surface area (Å²) in [6, 6.07) is 1.28. The highest BCUT2D eigenvalue weighted by Crippen LogP contribution is 2.24. The van der Waals surface area contributed by atoms with E-state index in [1.165, 1.54) is 12.3 Å². The minimum atomic E-state index is -0.530. The Bertz CT molecular complexity index is 423. The van der Waals surface area contributed by atoms with E-state index in [1.807, 2.05) is 5.01 Å². The molecule has 92 valence electrons. The van der Waals surface area contributed by atoms with Crippen LogP contribution in [0.15, 0.2) is 12.3 Å². The standard InChI is InChI=1S/C9H11ClN4O3/c10-8-5-7(14(15)16)6-11-9(8)12-13-1-3-17-4-2-13/h5-6H,1-4H2,(H,11,12). The lowest BCUT2D eigenvalue weighted by Gasteiger charge is -2.27. The lowest BCUT2D eigenvalue weighted by Crippen LogP contribution is -2.40. The molecule has 0 amide bonds. The van der Waals surface area contributed by atoms with Gasteiger partial charge < -0.3 is 10.2 Å². The summed E-state index contributed by atoms with van der Waals surface area (Å²) in [7, 11) is 0. The number of morpholine rings is 1. The molecule has 1 aliphatic rings. The minimum absolute atomic E-state index is 0.123. The molecule has 8 heteroatoms. The second kappa shape index (κ2) is 5.26. The number of nitrogens with one attached hydrogen (secondary N) is 1. The Hall–Kier alpha value is -1.44. The van der Waals surface area contributed by atoms with Gasteiger partial charge in [0.2, 0.25) is 0 Å². The first-order chi connectivity index (χ1) is 8.16. The number of aromatic nitrogens is 1. The van der Waals surface area contributed by atoms with Crippen molar-refractivity contribution in [3.05, 3.63) is 27.4 Å². The Morgan fingerprint density at radius 1 is 1.53 bits per heavy atom. The fraction of sp³-hybridized carbons (Fsp3) is 0.444. The largest absolute Gasteiger partial charge is 0.379 e. The first-order valence-electron chi connectivity index (χ1n) is 5.06. The smallest absolute Gasteiger partial charge is 0.289 e. The van der Waals surface area contributed by atoms with Crippen LogP contribution in [0.2, 0.25) is 5.02 Å². The zero-order valence-electron chi connectivity index (χ0n) is 8.93. The zero-order valence-corrected chi connectivity index (χ0v) is 9.68. The Balaban J connectivity index is 2.08. The molecule has 0 radical (unpaired) electrons. The number of nitrogens with zero attached hydrogens (tertiary/aromatic N) is 3. The van der Waals surface area contributed by atoms with Crippen molar-refractivity contribution in [2.75, 3.05) is 31.7 Å². The highest BCUT2D eigenvalue weighted by molar-refractivity contribution is 6.33. The number of hydrogen-bond acceptors (Lipinski definition) is 6. The van der Waals surface area contributed by atoms with E-state index >= 15 is 0 Å². The summed E-state index contributed by atoms with van der Waals surface area (Å²) in [4.78, 5) is 13.9. The van der Waals surface area contributed by atoms with Crippen molar-refractivity contribution in [1.82, 2.24) is 9.99 Å². The molecule has 2 heterocycles. The Kier molecular flexibility index (Phi) is 3.72. The number of hydrazine groups is 1. The minimum Gasteiger partial charge on any atom is -0.379 e. The third kappa shape index (κ3) is 3.02. The average molecular weight is 259 g/mol. The number of anilines is 1. The van der Waals surface area contributed by atoms with Gasteiger partial charge in [-0.05, 0) is 0 Å². The van der Waals surface area contributed by atoms with Crippen molar-refractivity contribution in [2.24, 2.45) is 0 Å². The first kappa shape index (κ1) is 12.0. The fourth-order valence-corrected chi connectivity index (χ4v) is 1.64. The van der Waals surface area contributed by atoms with Crippen LogP contribution in [-0.2, 0) is 4.74 Å². The SMILES string of the molecule is O=[N+]([O-])c1cnc(NN2CCOCC2)c(Cl)c1. The molecule has 2 rings (SSSR count). The Labute approximate surface area is 102 Å². The topological polar surface area (TPSA) is 80.5 Å². The van der Waals surface area contributed by atoms with E-state index < -0.39 is 4.92 Å². The summed E-state index contributed by atoms with van der Waals surface area (Å²) >= 11 is 5.91. The summed E-state index contributed by atoms with van der Waals surface area (Å²) < 4.78 is 5.19. The van der Waals surface area contributed by atoms with Crippen molar-refractivity contribution in [3.63, 3.8) is 0 Å². The van der Waals surface area contributed by atoms with Gasteiger partial charge in [0.05, 0.1) is 23.2 Å². The van der Waals surface area contributed by atoms with Gasteiger partial charge in [-0.2, -0.15) is 0 Å². The summed E-state index contributed by atoms with van der Waals surface area (Å²) in [5.41, 5.74) is 2.88. The van der Waals surface area contributed by atoms with Crippen LogP contribution in [0.1, 0.15) is 0 Å². The predicted molar refractivity (Wildman–Crippen MR) is 61.9 cm³/mol. The number of nitro groups is 1. The van der Waals surface area contributed by atoms with Crippen LogP contribution in [0.4, 0.5) is 11.5 Å². The van der Waals surface area contributed by atoms with Gasteiger partial charge in [0, 0.05) is 19.2 Å². The summed E-state index contributed by atoms with van der Waals surface area (Å²) in [5, 5.41) is 12.6. The van der Waals surface area contributed by atoms with Gasteiger partial charge >= 0.3 is 0 Å². The van der Waals surface area contributed by atoms with Gasteiger partial charge in [-0.15, -0.1) is 0 Å². The molecule has 1 aromatic rings. The van der Waals surface area contributed by atoms with E-state index in [9.17, 15) is 10.1 Å². The van der Waals surface area contributed by atoms with Gasteiger partial charge in [-0.25, -0.2) is 9.99 Å². The molecule has 1 aliphatic heterocycles. The second-order valence-corrected chi connectivity index (χ2v) is 3.90. The molecule has 0 bridgehead atoms. The molecule has 0 saturated carbocycles. The maximum Gasteiger partial charge on any atom is 0.289 e. The Morgan fingerprint density at radius 3 is 2.82 bits per heavy atom. The van der Waals surface area contributed by atoms with Crippen LogP contribution in [0, 0.1) is 10.1 Å². The van der Waals surface area contributed by atoms with Crippen LogP contribution in [-0.4, -0.2) is 41.2 Å². The predicted octanol–water partition coefficient (Wildman–Crippen LogP) is 1.30. The monoisotopic (exact) mass is 258 g/mol. The van der Waals surface area contributed by atoms with Crippen LogP contribution in [0.5, 0.6) is 0 Å². The molecule has 0 aromatic carbocycles. The molecule has 0 spiro atoms. The number of rotatable bonds is 3. The maximum atomic E-state index is 10.5. The van der Waals surface area contributed by atoms with Gasteiger partial charge in [0.25, 0.3) is 5.69 Å². The zero-order chi connectivity index (χ0) is 12.3. The molecular formula is C9H11ClN4O3. The number of pyridine rings is 1. The second-order valence-electron chi connectivity index (χ2n) is 3.49. The van der Waals surface area contributed by atoms with E-state index in [0.29, 0.717) is 19.0 Å². The van der Waals surface area contributed by atoms with Crippen molar-refractivity contribution < 1.29 is 9.66 Å². The molecule has 1 N–H and O–H groups in total. The average Bonchev–Trinajstić information content (AvgIpc) is 2.33. The first-order valence-corrected chi connectivity index (χ1v) is 5.44. The Morgan fingerprint density at radius 2 is 2.24 bits per heavy atom. The van der Waals surface area contributed by atoms with Gasteiger partial charge in [0.15, 0.2) is 5.82 Å². The van der Waals surface area contributed by atoms with Gasteiger partial charge in [0.1, 0.15) is 6.20 Å². The number of halogens is 1. The lowest BCUT2D eigenvalue weighted by molar-refractivity contribution is -0.385. The molecular weight excluding hydrogens is 248 g/mol. The molecule has 1 saturated heterocycles. The fourth-order valence-electron chi connectivity index (χ4n) is 1.43. The maximum absolute atomic E-state index is 10.5. The van der Waals surface area contributed by atoms with E-state index in [2.05, 4.69) is 10.4 Å². The highest BCUT2D eigenvalue weighted by atomic mass is 35.5. The third-order valence-electron chi connectivity index (χ3n) is 2.31. The number of ether oxygens (including phenoxy) is 1. The van der Waals surface area contributed by atoms with Crippen molar-refractivity contribution in [3.8, 4) is 0 Å². The van der Waals surface area contributed by atoms with Crippen molar-refractivity contribution in [2.45, 2.75) is 0 Å². The van der Waals surface area contributed by atoms with Crippen LogP contribution in [0.25, 0.3) is 0 Å². The van der Waals surface area contributed by atoms with E-state index in [4.69, 9.17) is 16.3 Å². The van der Waals surface area contributed by atoms with Gasteiger partial charge in [-0.1, -0.05) is 11.6 Å². The van der Waals surface area contributed by atoms with Crippen LogP contribution < -0.4 is 5.43 Å². The van der Waals surface area contributed by atoms with Crippen LogP contribution in [0.3, 0.4) is 0 Å². The number of hydrogen-bond donors (Lipinski definition) is 1. The van der Waals surface area contributed by atoms with Crippen molar-refractivity contribution in [1.29, 1.82) is 0 Å².